The minimum Gasteiger partial charge on any atom is -0.495 e. The monoisotopic (exact) mass is 347 g/mol. The molecule has 0 atom stereocenters. The van der Waals surface area contributed by atoms with Crippen LogP contribution in [0.4, 0.5) is 5.69 Å². The standard InChI is InChI=1S/C21H21N3O2/c1-25-20-13-6-5-12-19(20)24-21(22)23-15-16-8-7-11-18(14-16)26-17-9-3-2-4-10-17/h2-14H,15H2,1H3,(H3,22,23,24). The van der Waals surface area contributed by atoms with Crippen molar-refractivity contribution in [1.29, 1.82) is 0 Å². The molecule has 0 fully saturated rings. The number of guanidine groups is 1. The van der Waals surface area contributed by atoms with Gasteiger partial charge < -0.3 is 20.5 Å². The molecule has 0 bridgehead atoms. The lowest BCUT2D eigenvalue weighted by Crippen LogP contribution is -2.22. The van der Waals surface area contributed by atoms with Crippen LogP contribution in [0.1, 0.15) is 5.56 Å². The zero-order chi connectivity index (χ0) is 18.2. The molecule has 3 rings (SSSR count). The summed E-state index contributed by atoms with van der Waals surface area (Å²) in [4.78, 5) is 4.39. The lowest BCUT2D eigenvalue weighted by molar-refractivity contribution is 0.417. The first kappa shape index (κ1) is 17.4. The fourth-order valence-electron chi connectivity index (χ4n) is 2.43. The van der Waals surface area contributed by atoms with E-state index in [0.717, 1.165) is 22.7 Å². The van der Waals surface area contributed by atoms with Gasteiger partial charge in [0.2, 0.25) is 0 Å². The summed E-state index contributed by atoms with van der Waals surface area (Å²) in [7, 11) is 1.62. The van der Waals surface area contributed by atoms with Crippen molar-refractivity contribution in [1.82, 2.24) is 0 Å². The first-order valence-corrected chi connectivity index (χ1v) is 8.26. The van der Waals surface area contributed by atoms with Crippen molar-refractivity contribution in [2.45, 2.75) is 6.54 Å². The molecule has 5 nitrogen and oxygen atoms in total. The molecule has 0 aliphatic rings. The van der Waals surface area contributed by atoms with Crippen molar-refractivity contribution in [3.05, 3.63) is 84.4 Å². The maximum atomic E-state index is 5.99. The fraction of sp³-hybridized carbons (Fsp3) is 0.0952. The zero-order valence-corrected chi connectivity index (χ0v) is 14.6. The van der Waals surface area contributed by atoms with Crippen molar-refractivity contribution < 1.29 is 9.47 Å². The van der Waals surface area contributed by atoms with Gasteiger partial charge in [0.05, 0.1) is 19.3 Å². The zero-order valence-electron chi connectivity index (χ0n) is 14.6. The summed E-state index contributed by atoms with van der Waals surface area (Å²) in [6.45, 7) is 0.444. The second-order valence-electron chi connectivity index (χ2n) is 5.59. The van der Waals surface area contributed by atoms with Crippen molar-refractivity contribution in [3.63, 3.8) is 0 Å². The van der Waals surface area contributed by atoms with Crippen molar-refractivity contribution >= 4 is 11.6 Å². The Morgan fingerprint density at radius 3 is 2.46 bits per heavy atom. The Bertz CT molecular complexity index is 879. The van der Waals surface area contributed by atoms with Gasteiger partial charge in [0.15, 0.2) is 5.96 Å². The van der Waals surface area contributed by atoms with E-state index < -0.39 is 0 Å². The molecule has 0 saturated carbocycles. The van der Waals surface area contributed by atoms with E-state index in [1.807, 2.05) is 78.9 Å². The molecule has 0 saturated heterocycles. The highest BCUT2D eigenvalue weighted by Gasteiger charge is 2.03. The van der Waals surface area contributed by atoms with Crippen LogP contribution in [0.3, 0.4) is 0 Å². The number of methoxy groups -OCH3 is 1. The summed E-state index contributed by atoms with van der Waals surface area (Å²) in [6.07, 6.45) is 0. The van der Waals surface area contributed by atoms with E-state index in [4.69, 9.17) is 15.2 Å². The Labute approximate surface area is 153 Å². The molecular weight excluding hydrogens is 326 g/mol. The summed E-state index contributed by atoms with van der Waals surface area (Å²) < 4.78 is 11.1. The molecule has 0 radical (unpaired) electrons. The summed E-state index contributed by atoms with van der Waals surface area (Å²) >= 11 is 0. The highest BCUT2D eigenvalue weighted by atomic mass is 16.5. The normalized spacial score (nSPS) is 11.0. The Balaban J connectivity index is 1.65. The van der Waals surface area contributed by atoms with E-state index in [0.29, 0.717) is 18.3 Å². The maximum absolute atomic E-state index is 5.99. The number of nitrogens with one attached hydrogen (secondary N) is 1. The number of hydrogen-bond donors (Lipinski definition) is 2. The number of rotatable bonds is 6. The molecule has 132 valence electrons. The van der Waals surface area contributed by atoms with Gasteiger partial charge >= 0.3 is 0 Å². The lowest BCUT2D eigenvalue weighted by atomic mass is 10.2. The Kier molecular flexibility index (Phi) is 5.72. The Hall–Kier alpha value is -3.47. The number of hydrogen-bond acceptors (Lipinski definition) is 3. The SMILES string of the molecule is COc1ccccc1NC(N)=NCc1cccc(Oc2ccccc2)c1. The van der Waals surface area contributed by atoms with Gasteiger partial charge in [-0.3, -0.25) is 0 Å². The van der Waals surface area contributed by atoms with E-state index in [1.165, 1.54) is 0 Å². The van der Waals surface area contributed by atoms with Gasteiger partial charge in [-0.05, 0) is 42.0 Å². The summed E-state index contributed by atoms with van der Waals surface area (Å²) in [5.41, 5.74) is 7.77. The highest BCUT2D eigenvalue weighted by Crippen LogP contribution is 2.23. The number of anilines is 1. The minimum absolute atomic E-state index is 0.323. The van der Waals surface area contributed by atoms with Gasteiger partial charge in [0, 0.05) is 0 Å². The Morgan fingerprint density at radius 2 is 1.65 bits per heavy atom. The lowest BCUT2D eigenvalue weighted by Gasteiger charge is -2.10. The van der Waals surface area contributed by atoms with Gasteiger partial charge in [-0.25, -0.2) is 4.99 Å². The topological polar surface area (TPSA) is 68.9 Å². The third kappa shape index (κ3) is 4.77. The summed E-state index contributed by atoms with van der Waals surface area (Å²) in [5, 5.41) is 3.06. The first-order valence-electron chi connectivity index (χ1n) is 8.26. The van der Waals surface area contributed by atoms with Gasteiger partial charge in [0.1, 0.15) is 17.2 Å². The second kappa shape index (κ2) is 8.58. The summed E-state index contributed by atoms with van der Waals surface area (Å²) in [5.74, 6) is 2.60. The second-order valence-corrected chi connectivity index (χ2v) is 5.59. The van der Waals surface area contributed by atoms with Crippen LogP contribution in [0, 0.1) is 0 Å². The van der Waals surface area contributed by atoms with Crippen LogP contribution in [-0.2, 0) is 6.54 Å². The number of nitrogens with zero attached hydrogens (tertiary/aromatic N) is 1. The average Bonchev–Trinajstić information content (AvgIpc) is 2.68. The fourth-order valence-corrected chi connectivity index (χ4v) is 2.43. The van der Waals surface area contributed by atoms with Gasteiger partial charge in [0.25, 0.3) is 0 Å². The molecule has 26 heavy (non-hydrogen) atoms. The number of ether oxygens (including phenoxy) is 2. The molecule has 0 heterocycles. The number of benzene rings is 3. The third-order valence-corrected chi connectivity index (χ3v) is 3.68. The third-order valence-electron chi connectivity index (χ3n) is 3.68. The molecule has 0 spiro atoms. The largest absolute Gasteiger partial charge is 0.495 e. The van der Waals surface area contributed by atoms with Crippen LogP contribution >= 0.6 is 0 Å². The van der Waals surface area contributed by atoms with E-state index in [2.05, 4.69) is 10.3 Å². The summed E-state index contributed by atoms with van der Waals surface area (Å²) in [6, 6.07) is 25.0. The van der Waals surface area contributed by atoms with E-state index >= 15 is 0 Å². The Morgan fingerprint density at radius 1 is 0.923 bits per heavy atom. The molecule has 0 unspecified atom stereocenters. The van der Waals surface area contributed by atoms with Crippen LogP contribution in [-0.4, -0.2) is 13.1 Å². The van der Waals surface area contributed by atoms with Crippen molar-refractivity contribution in [3.8, 4) is 17.2 Å². The molecule has 5 heteroatoms. The van der Waals surface area contributed by atoms with E-state index in [9.17, 15) is 0 Å². The molecule has 3 N–H and O–H groups in total. The molecule has 0 aliphatic carbocycles. The smallest absolute Gasteiger partial charge is 0.193 e. The predicted molar refractivity (Wildman–Crippen MR) is 105 cm³/mol. The van der Waals surface area contributed by atoms with Crippen molar-refractivity contribution in [2.75, 3.05) is 12.4 Å². The predicted octanol–water partition coefficient (Wildman–Crippen LogP) is 4.41. The molecule has 0 amide bonds. The molecule has 3 aromatic carbocycles. The first-order chi connectivity index (χ1) is 12.7. The average molecular weight is 347 g/mol. The number of aliphatic imine (C=N–C) groups is 1. The van der Waals surface area contributed by atoms with Crippen LogP contribution in [0.15, 0.2) is 83.9 Å². The molecule has 0 aliphatic heterocycles. The highest BCUT2D eigenvalue weighted by molar-refractivity contribution is 5.93. The van der Waals surface area contributed by atoms with E-state index in [1.54, 1.807) is 7.11 Å². The minimum atomic E-state index is 0.323. The van der Waals surface area contributed by atoms with Gasteiger partial charge in [-0.1, -0.05) is 42.5 Å². The van der Waals surface area contributed by atoms with Crippen molar-refractivity contribution in [2.24, 2.45) is 10.7 Å². The van der Waals surface area contributed by atoms with E-state index in [-0.39, 0.29) is 0 Å². The maximum Gasteiger partial charge on any atom is 0.193 e. The van der Waals surface area contributed by atoms with Crippen LogP contribution in [0.2, 0.25) is 0 Å². The van der Waals surface area contributed by atoms with Gasteiger partial charge in [-0.15, -0.1) is 0 Å². The molecular formula is C21H21N3O2. The molecule has 3 aromatic rings. The van der Waals surface area contributed by atoms with Crippen LogP contribution < -0.4 is 20.5 Å². The van der Waals surface area contributed by atoms with Gasteiger partial charge in [-0.2, -0.15) is 0 Å². The molecule has 0 aromatic heterocycles. The number of para-hydroxylation sites is 3. The van der Waals surface area contributed by atoms with Crippen LogP contribution in [0.5, 0.6) is 17.2 Å². The number of nitrogens with two attached hydrogens (primary N) is 1. The van der Waals surface area contributed by atoms with Crippen LogP contribution in [0.25, 0.3) is 0 Å². The quantitative estimate of drug-likeness (QED) is 0.512.